The van der Waals surface area contributed by atoms with Crippen molar-refractivity contribution in [3.8, 4) is 5.75 Å². The highest BCUT2D eigenvalue weighted by Gasteiger charge is 2.28. The van der Waals surface area contributed by atoms with Gasteiger partial charge in [0.25, 0.3) is 0 Å². The van der Waals surface area contributed by atoms with E-state index in [2.05, 4.69) is 5.32 Å². The maximum absolute atomic E-state index is 11.0. The quantitative estimate of drug-likeness (QED) is 0.621. The van der Waals surface area contributed by atoms with Gasteiger partial charge in [-0.25, -0.2) is 0 Å². The van der Waals surface area contributed by atoms with E-state index in [0.717, 1.165) is 31.2 Å². The van der Waals surface area contributed by atoms with Crippen LogP contribution in [-0.4, -0.2) is 29.3 Å². The van der Waals surface area contributed by atoms with Crippen molar-refractivity contribution >= 4 is 5.69 Å². The van der Waals surface area contributed by atoms with Crippen LogP contribution in [0.25, 0.3) is 0 Å². The first-order valence-electron chi connectivity index (χ1n) is 7.28. The maximum Gasteiger partial charge on any atom is 0.311 e. The van der Waals surface area contributed by atoms with E-state index in [1.54, 1.807) is 12.1 Å². The number of hydrogen-bond acceptors (Lipinski definition) is 5. The highest BCUT2D eigenvalue weighted by atomic mass is 16.6. The van der Waals surface area contributed by atoms with Gasteiger partial charge >= 0.3 is 5.69 Å². The van der Waals surface area contributed by atoms with Crippen molar-refractivity contribution in [2.45, 2.75) is 44.2 Å². The first kappa shape index (κ1) is 15.7. The van der Waals surface area contributed by atoms with Gasteiger partial charge in [-0.05, 0) is 24.5 Å². The fourth-order valence-electron chi connectivity index (χ4n) is 2.81. The number of aliphatic hydroxyl groups is 1. The molecule has 6 heteroatoms. The summed E-state index contributed by atoms with van der Waals surface area (Å²) in [6.45, 7) is 1.01. The SMILES string of the molecule is COc1ccc(CNCC2(O)CCCCC2)cc1[N+](=O)[O-]. The third-order valence-electron chi connectivity index (χ3n) is 4.01. The van der Waals surface area contributed by atoms with Gasteiger partial charge in [0.1, 0.15) is 0 Å². The normalized spacial score (nSPS) is 17.4. The lowest BCUT2D eigenvalue weighted by molar-refractivity contribution is -0.385. The fraction of sp³-hybridized carbons (Fsp3) is 0.600. The van der Waals surface area contributed by atoms with Gasteiger partial charge in [-0.15, -0.1) is 0 Å². The van der Waals surface area contributed by atoms with Crippen molar-refractivity contribution in [1.29, 1.82) is 0 Å². The highest BCUT2D eigenvalue weighted by molar-refractivity contribution is 5.48. The summed E-state index contributed by atoms with van der Waals surface area (Å²) >= 11 is 0. The van der Waals surface area contributed by atoms with Crippen LogP contribution in [0.1, 0.15) is 37.7 Å². The largest absolute Gasteiger partial charge is 0.490 e. The predicted octanol–water partition coefficient (Wildman–Crippen LogP) is 2.39. The van der Waals surface area contributed by atoms with Gasteiger partial charge in [-0.1, -0.05) is 25.3 Å². The van der Waals surface area contributed by atoms with E-state index >= 15 is 0 Å². The molecule has 0 aromatic heterocycles. The zero-order valence-electron chi connectivity index (χ0n) is 12.3. The van der Waals surface area contributed by atoms with Gasteiger partial charge in [0.2, 0.25) is 0 Å². The molecular weight excluding hydrogens is 272 g/mol. The molecule has 6 nitrogen and oxygen atoms in total. The summed E-state index contributed by atoms with van der Waals surface area (Å²) in [6, 6.07) is 4.91. The van der Waals surface area contributed by atoms with Gasteiger partial charge < -0.3 is 15.2 Å². The molecule has 0 heterocycles. The molecule has 0 atom stereocenters. The Kier molecular flexibility index (Phi) is 5.14. The van der Waals surface area contributed by atoms with E-state index < -0.39 is 10.5 Å². The minimum Gasteiger partial charge on any atom is -0.490 e. The Bertz CT molecular complexity index is 498. The lowest BCUT2D eigenvalue weighted by atomic mass is 9.85. The number of nitro groups is 1. The molecule has 0 amide bonds. The molecule has 2 rings (SSSR count). The van der Waals surface area contributed by atoms with Crippen LogP contribution in [-0.2, 0) is 6.54 Å². The van der Waals surface area contributed by atoms with E-state index in [1.807, 2.05) is 0 Å². The minimum atomic E-state index is -0.628. The van der Waals surface area contributed by atoms with Crippen molar-refractivity contribution in [1.82, 2.24) is 5.32 Å². The molecule has 1 aromatic carbocycles. The summed E-state index contributed by atoms with van der Waals surface area (Å²) in [6.07, 6.45) is 4.96. The average molecular weight is 294 g/mol. The topological polar surface area (TPSA) is 84.6 Å². The van der Waals surface area contributed by atoms with E-state index in [0.29, 0.717) is 13.1 Å². The Balaban J connectivity index is 1.94. The summed E-state index contributed by atoms with van der Waals surface area (Å²) in [4.78, 5) is 10.5. The Morgan fingerprint density at radius 1 is 1.38 bits per heavy atom. The molecule has 1 aliphatic carbocycles. The summed E-state index contributed by atoms with van der Waals surface area (Å²) in [5, 5.41) is 24.6. The lowest BCUT2D eigenvalue weighted by Crippen LogP contribution is -2.41. The van der Waals surface area contributed by atoms with Crippen LogP contribution in [0.4, 0.5) is 5.69 Å². The Hall–Kier alpha value is -1.66. The van der Waals surface area contributed by atoms with Gasteiger partial charge in [0.15, 0.2) is 5.75 Å². The van der Waals surface area contributed by atoms with Crippen LogP contribution in [0, 0.1) is 10.1 Å². The van der Waals surface area contributed by atoms with Gasteiger partial charge in [0.05, 0.1) is 17.6 Å². The Morgan fingerprint density at radius 3 is 2.71 bits per heavy atom. The van der Waals surface area contributed by atoms with Crippen LogP contribution in [0.3, 0.4) is 0 Å². The predicted molar refractivity (Wildman–Crippen MR) is 79.4 cm³/mol. The molecule has 1 fully saturated rings. The summed E-state index contributed by atoms with van der Waals surface area (Å²) in [5.41, 5.74) is 0.145. The standard InChI is InChI=1S/C15H22N2O4/c1-21-14-6-5-12(9-13(14)17(19)20)10-16-11-15(18)7-3-2-4-8-15/h5-6,9,16,18H,2-4,7-8,10-11H2,1H3. The van der Waals surface area contributed by atoms with Crippen molar-refractivity contribution in [2.24, 2.45) is 0 Å². The summed E-state index contributed by atoms with van der Waals surface area (Å²) in [7, 11) is 1.42. The number of nitrogens with zero attached hydrogens (tertiary/aromatic N) is 1. The number of nitrogens with one attached hydrogen (secondary N) is 1. The molecule has 2 N–H and O–H groups in total. The smallest absolute Gasteiger partial charge is 0.311 e. The number of rotatable bonds is 6. The zero-order chi connectivity index (χ0) is 15.3. The molecule has 0 saturated heterocycles. The molecule has 1 aliphatic rings. The van der Waals surface area contributed by atoms with E-state index in [9.17, 15) is 15.2 Å². The first-order valence-corrected chi connectivity index (χ1v) is 7.28. The summed E-state index contributed by atoms with van der Waals surface area (Å²) < 4.78 is 4.98. The number of benzene rings is 1. The molecule has 21 heavy (non-hydrogen) atoms. The molecule has 1 saturated carbocycles. The molecule has 0 aliphatic heterocycles. The van der Waals surface area contributed by atoms with E-state index in [-0.39, 0.29) is 11.4 Å². The van der Waals surface area contributed by atoms with Crippen molar-refractivity contribution in [3.05, 3.63) is 33.9 Å². The van der Waals surface area contributed by atoms with E-state index in [4.69, 9.17) is 4.74 Å². The van der Waals surface area contributed by atoms with Crippen LogP contribution < -0.4 is 10.1 Å². The second kappa shape index (κ2) is 6.87. The summed E-state index contributed by atoms with van der Waals surface area (Å²) in [5.74, 6) is 0.259. The second-order valence-electron chi connectivity index (χ2n) is 5.65. The lowest BCUT2D eigenvalue weighted by Gasteiger charge is -2.32. The number of nitro benzene ring substituents is 1. The molecule has 0 unspecified atom stereocenters. The van der Waals surface area contributed by atoms with Crippen molar-refractivity contribution < 1.29 is 14.8 Å². The third-order valence-corrected chi connectivity index (χ3v) is 4.01. The monoisotopic (exact) mass is 294 g/mol. The number of methoxy groups -OCH3 is 1. The Morgan fingerprint density at radius 2 is 2.10 bits per heavy atom. The molecule has 1 aromatic rings. The maximum atomic E-state index is 11.0. The number of ether oxygens (including phenoxy) is 1. The fourth-order valence-corrected chi connectivity index (χ4v) is 2.81. The van der Waals surface area contributed by atoms with E-state index in [1.165, 1.54) is 19.6 Å². The molecule has 116 valence electrons. The average Bonchev–Trinajstić information content (AvgIpc) is 2.47. The van der Waals surface area contributed by atoms with Crippen LogP contribution in [0.5, 0.6) is 5.75 Å². The molecule has 0 radical (unpaired) electrons. The van der Waals surface area contributed by atoms with Gasteiger partial charge in [-0.3, -0.25) is 10.1 Å². The minimum absolute atomic E-state index is 0.0341. The van der Waals surface area contributed by atoms with Crippen LogP contribution in [0.15, 0.2) is 18.2 Å². The molecule has 0 spiro atoms. The van der Waals surface area contributed by atoms with Crippen LogP contribution in [0.2, 0.25) is 0 Å². The third kappa shape index (κ3) is 4.15. The van der Waals surface area contributed by atoms with Crippen molar-refractivity contribution in [3.63, 3.8) is 0 Å². The first-order chi connectivity index (χ1) is 10.0. The number of hydrogen-bond donors (Lipinski definition) is 2. The molecule has 0 bridgehead atoms. The van der Waals surface area contributed by atoms with Crippen molar-refractivity contribution in [2.75, 3.05) is 13.7 Å². The van der Waals surface area contributed by atoms with Gasteiger partial charge in [0, 0.05) is 19.2 Å². The second-order valence-corrected chi connectivity index (χ2v) is 5.65. The molecular formula is C15H22N2O4. The highest BCUT2D eigenvalue weighted by Crippen LogP contribution is 2.29. The van der Waals surface area contributed by atoms with Gasteiger partial charge in [-0.2, -0.15) is 0 Å². The Labute approximate surface area is 124 Å². The van der Waals surface area contributed by atoms with Crippen LogP contribution >= 0.6 is 0 Å². The zero-order valence-corrected chi connectivity index (χ0v) is 12.3.